The lowest BCUT2D eigenvalue weighted by Gasteiger charge is -2.32. The Hall–Kier alpha value is -1.88. The Morgan fingerprint density at radius 2 is 2.13 bits per heavy atom. The molecule has 1 atom stereocenters. The molecule has 0 aromatic heterocycles. The lowest BCUT2D eigenvalue weighted by atomic mass is 9.96. The summed E-state index contributed by atoms with van der Waals surface area (Å²) < 4.78 is 4.89. The number of benzene rings is 1. The Morgan fingerprint density at radius 3 is 2.87 bits per heavy atom. The van der Waals surface area contributed by atoms with Gasteiger partial charge >= 0.3 is 0 Å². The second-order valence-corrected chi connectivity index (χ2v) is 6.26. The summed E-state index contributed by atoms with van der Waals surface area (Å²) in [5, 5.41) is 3.02. The molecule has 0 radical (unpaired) electrons. The number of piperidine rings is 1. The fourth-order valence-electron chi connectivity index (χ4n) is 2.95. The van der Waals surface area contributed by atoms with E-state index in [9.17, 15) is 9.59 Å². The summed E-state index contributed by atoms with van der Waals surface area (Å²) in [6, 6.07) is 6.24. The minimum Gasteiger partial charge on any atom is -0.375 e. The van der Waals surface area contributed by atoms with Crippen molar-refractivity contribution in [1.82, 2.24) is 10.2 Å². The molecule has 1 fully saturated rings. The first kappa shape index (κ1) is 17.5. The van der Waals surface area contributed by atoms with E-state index in [0.29, 0.717) is 19.6 Å². The minimum absolute atomic E-state index is 0.0285. The first-order chi connectivity index (χ1) is 11.0. The molecule has 0 bridgehead atoms. The molecule has 2 rings (SSSR count). The number of ether oxygens (including phenoxy) is 1. The van der Waals surface area contributed by atoms with Crippen molar-refractivity contribution in [3.8, 4) is 0 Å². The lowest BCUT2D eigenvalue weighted by Crippen LogP contribution is -2.46. The quantitative estimate of drug-likeness (QED) is 0.901. The molecule has 1 aliphatic heterocycles. The summed E-state index contributed by atoms with van der Waals surface area (Å²) in [5.74, 6) is -0.143. The molecule has 1 N–H and O–H groups in total. The van der Waals surface area contributed by atoms with Crippen molar-refractivity contribution >= 4 is 11.8 Å². The molecular formula is C18H26N2O3. The van der Waals surface area contributed by atoms with Crippen LogP contribution in [0, 0.1) is 19.8 Å². The molecule has 1 aliphatic rings. The maximum Gasteiger partial charge on any atom is 0.248 e. The van der Waals surface area contributed by atoms with Crippen molar-refractivity contribution in [3.63, 3.8) is 0 Å². The van der Waals surface area contributed by atoms with Gasteiger partial charge < -0.3 is 15.0 Å². The second kappa shape index (κ2) is 8.11. The summed E-state index contributed by atoms with van der Waals surface area (Å²) in [6.45, 7) is 5.91. The standard InChI is InChI=1S/C18H26N2O3/c1-13-6-7-14(2)16(9-13)10-19-18(22)15-5-4-8-20(11-15)17(21)12-23-3/h6-7,9,15H,4-5,8,10-12H2,1-3H3,(H,19,22)/t15-/m1/s1. The molecule has 1 aromatic carbocycles. The second-order valence-electron chi connectivity index (χ2n) is 6.26. The van der Waals surface area contributed by atoms with Crippen LogP contribution in [0.3, 0.4) is 0 Å². The topological polar surface area (TPSA) is 58.6 Å². The molecule has 1 aromatic rings. The van der Waals surface area contributed by atoms with Crippen LogP contribution in [0.1, 0.15) is 29.5 Å². The van der Waals surface area contributed by atoms with E-state index in [-0.39, 0.29) is 24.3 Å². The number of hydrogen-bond donors (Lipinski definition) is 1. The SMILES string of the molecule is COCC(=O)N1CCC[C@@H](C(=O)NCc2cc(C)ccc2C)C1. The Balaban J connectivity index is 1.90. The first-order valence-electron chi connectivity index (χ1n) is 8.12. The number of rotatable bonds is 5. The van der Waals surface area contributed by atoms with E-state index in [0.717, 1.165) is 18.4 Å². The van der Waals surface area contributed by atoms with Gasteiger partial charge in [-0.2, -0.15) is 0 Å². The fourth-order valence-corrected chi connectivity index (χ4v) is 2.95. The number of nitrogens with zero attached hydrogens (tertiary/aromatic N) is 1. The average Bonchev–Trinajstić information content (AvgIpc) is 2.55. The smallest absolute Gasteiger partial charge is 0.248 e. The highest BCUT2D eigenvalue weighted by Gasteiger charge is 2.28. The Kier molecular flexibility index (Phi) is 6.16. The van der Waals surface area contributed by atoms with E-state index in [2.05, 4.69) is 23.5 Å². The summed E-state index contributed by atoms with van der Waals surface area (Å²) in [5.41, 5.74) is 3.51. The molecule has 1 heterocycles. The maximum absolute atomic E-state index is 12.4. The van der Waals surface area contributed by atoms with E-state index >= 15 is 0 Å². The fraction of sp³-hybridized carbons (Fsp3) is 0.556. The van der Waals surface area contributed by atoms with Gasteiger partial charge in [0.05, 0.1) is 5.92 Å². The van der Waals surface area contributed by atoms with Gasteiger partial charge in [-0.15, -0.1) is 0 Å². The molecule has 0 aliphatic carbocycles. The minimum atomic E-state index is -0.130. The summed E-state index contributed by atoms with van der Waals surface area (Å²) in [6.07, 6.45) is 1.69. The molecule has 2 amide bonds. The van der Waals surface area contributed by atoms with Crippen molar-refractivity contribution in [2.45, 2.75) is 33.2 Å². The molecule has 0 unspecified atom stereocenters. The molecule has 0 saturated carbocycles. The lowest BCUT2D eigenvalue weighted by molar-refractivity contribution is -0.139. The van der Waals surface area contributed by atoms with Crippen molar-refractivity contribution in [2.75, 3.05) is 26.8 Å². The van der Waals surface area contributed by atoms with Crippen molar-refractivity contribution in [1.29, 1.82) is 0 Å². The van der Waals surface area contributed by atoms with Crippen LogP contribution in [0.25, 0.3) is 0 Å². The van der Waals surface area contributed by atoms with Gasteiger partial charge in [0, 0.05) is 26.7 Å². The van der Waals surface area contributed by atoms with Crippen LogP contribution in [0.15, 0.2) is 18.2 Å². The third-order valence-corrected chi connectivity index (χ3v) is 4.37. The number of amides is 2. The van der Waals surface area contributed by atoms with Crippen LogP contribution < -0.4 is 5.32 Å². The third kappa shape index (κ3) is 4.79. The zero-order chi connectivity index (χ0) is 16.8. The first-order valence-corrected chi connectivity index (χ1v) is 8.12. The van der Waals surface area contributed by atoms with Crippen LogP contribution >= 0.6 is 0 Å². The van der Waals surface area contributed by atoms with Crippen molar-refractivity contribution < 1.29 is 14.3 Å². The number of carbonyl (C=O) groups excluding carboxylic acids is 2. The predicted molar refractivity (Wildman–Crippen MR) is 88.9 cm³/mol. The number of methoxy groups -OCH3 is 1. The number of likely N-dealkylation sites (tertiary alicyclic amines) is 1. The van der Waals surface area contributed by atoms with E-state index in [1.165, 1.54) is 18.2 Å². The molecule has 5 nitrogen and oxygen atoms in total. The van der Waals surface area contributed by atoms with E-state index in [4.69, 9.17) is 4.74 Å². The molecule has 5 heteroatoms. The largest absolute Gasteiger partial charge is 0.375 e. The van der Waals surface area contributed by atoms with Gasteiger partial charge in [-0.1, -0.05) is 23.8 Å². The van der Waals surface area contributed by atoms with Gasteiger partial charge in [-0.3, -0.25) is 9.59 Å². The van der Waals surface area contributed by atoms with Gasteiger partial charge in [0.25, 0.3) is 0 Å². The molecule has 0 spiro atoms. The van der Waals surface area contributed by atoms with Gasteiger partial charge in [-0.05, 0) is 37.8 Å². The Morgan fingerprint density at radius 1 is 1.35 bits per heavy atom. The van der Waals surface area contributed by atoms with E-state index in [1.807, 2.05) is 13.8 Å². The Labute approximate surface area is 138 Å². The predicted octanol–water partition coefficient (Wildman–Crippen LogP) is 1.80. The van der Waals surface area contributed by atoms with Gasteiger partial charge in [0.15, 0.2) is 0 Å². The van der Waals surface area contributed by atoms with E-state index in [1.54, 1.807) is 4.90 Å². The van der Waals surface area contributed by atoms with Crippen LogP contribution in [0.5, 0.6) is 0 Å². The molecular weight excluding hydrogens is 292 g/mol. The number of carbonyl (C=O) groups is 2. The number of nitrogens with one attached hydrogen (secondary N) is 1. The monoisotopic (exact) mass is 318 g/mol. The van der Waals surface area contributed by atoms with Crippen molar-refractivity contribution in [3.05, 3.63) is 34.9 Å². The highest BCUT2D eigenvalue weighted by atomic mass is 16.5. The average molecular weight is 318 g/mol. The van der Waals surface area contributed by atoms with E-state index < -0.39 is 0 Å². The van der Waals surface area contributed by atoms with Crippen LogP contribution in [0.4, 0.5) is 0 Å². The molecule has 1 saturated heterocycles. The normalized spacial score (nSPS) is 17.9. The van der Waals surface area contributed by atoms with Crippen LogP contribution in [-0.2, 0) is 20.9 Å². The summed E-state index contributed by atoms with van der Waals surface area (Å²) in [4.78, 5) is 26.0. The van der Waals surface area contributed by atoms with Gasteiger partial charge in [0.2, 0.25) is 11.8 Å². The number of hydrogen-bond acceptors (Lipinski definition) is 3. The molecule has 23 heavy (non-hydrogen) atoms. The summed E-state index contributed by atoms with van der Waals surface area (Å²) >= 11 is 0. The van der Waals surface area contributed by atoms with Crippen LogP contribution in [-0.4, -0.2) is 43.5 Å². The third-order valence-electron chi connectivity index (χ3n) is 4.37. The van der Waals surface area contributed by atoms with Crippen LogP contribution in [0.2, 0.25) is 0 Å². The maximum atomic E-state index is 12.4. The highest BCUT2D eigenvalue weighted by molar-refractivity contribution is 5.81. The zero-order valence-corrected chi connectivity index (χ0v) is 14.2. The highest BCUT2D eigenvalue weighted by Crippen LogP contribution is 2.17. The van der Waals surface area contributed by atoms with Crippen molar-refractivity contribution in [2.24, 2.45) is 5.92 Å². The van der Waals surface area contributed by atoms with Gasteiger partial charge in [0.1, 0.15) is 6.61 Å². The number of aryl methyl sites for hydroxylation is 2. The molecule has 126 valence electrons. The zero-order valence-electron chi connectivity index (χ0n) is 14.2. The Bertz CT molecular complexity index is 571. The summed E-state index contributed by atoms with van der Waals surface area (Å²) in [7, 11) is 1.51. The van der Waals surface area contributed by atoms with Gasteiger partial charge in [-0.25, -0.2) is 0 Å².